The van der Waals surface area contributed by atoms with Crippen molar-refractivity contribution in [3.8, 4) is 0 Å². The lowest BCUT2D eigenvalue weighted by Gasteiger charge is -2.18. The number of rotatable bonds is 9. The third-order valence-electron chi connectivity index (χ3n) is 5.52. The highest BCUT2D eigenvalue weighted by Gasteiger charge is 2.21. The first-order valence-electron chi connectivity index (χ1n) is 11.1. The summed E-state index contributed by atoms with van der Waals surface area (Å²) in [4.78, 5) is 13.0. The van der Waals surface area contributed by atoms with Gasteiger partial charge in [-0.25, -0.2) is 16.8 Å². The van der Waals surface area contributed by atoms with Crippen molar-refractivity contribution < 1.29 is 21.6 Å². The molecule has 3 rings (SSSR count). The molecule has 0 fully saturated rings. The number of nitrogens with one attached hydrogen (secondary N) is 2. The van der Waals surface area contributed by atoms with Crippen LogP contribution in [0.15, 0.2) is 76.5 Å². The molecule has 0 aliphatic carbocycles. The van der Waals surface area contributed by atoms with Gasteiger partial charge in [0.1, 0.15) is 0 Å². The van der Waals surface area contributed by atoms with Gasteiger partial charge in [0, 0.05) is 24.3 Å². The van der Waals surface area contributed by atoms with E-state index in [2.05, 4.69) is 10.0 Å². The van der Waals surface area contributed by atoms with Gasteiger partial charge in [-0.3, -0.25) is 9.52 Å². The Labute approximate surface area is 207 Å². The second-order valence-electron chi connectivity index (χ2n) is 8.02. The second kappa shape index (κ2) is 10.6. The lowest BCUT2D eigenvalue weighted by Crippen LogP contribution is -2.30. The topological polar surface area (TPSA) is 113 Å². The van der Waals surface area contributed by atoms with Crippen LogP contribution in [0.1, 0.15) is 35.3 Å². The van der Waals surface area contributed by atoms with Gasteiger partial charge in [-0.15, -0.1) is 0 Å². The Bertz CT molecular complexity index is 1410. The van der Waals surface area contributed by atoms with Crippen molar-refractivity contribution in [1.29, 1.82) is 0 Å². The molecule has 0 aromatic heterocycles. The van der Waals surface area contributed by atoms with Gasteiger partial charge < -0.3 is 5.32 Å². The van der Waals surface area contributed by atoms with E-state index < -0.39 is 26.0 Å². The highest BCUT2D eigenvalue weighted by molar-refractivity contribution is 7.92. The van der Waals surface area contributed by atoms with Crippen LogP contribution < -0.4 is 10.0 Å². The minimum absolute atomic E-state index is 0.149. The van der Waals surface area contributed by atoms with Gasteiger partial charge in [0.25, 0.3) is 15.9 Å². The number of hydrogen-bond donors (Lipinski definition) is 2. The van der Waals surface area contributed by atoms with Crippen LogP contribution in [0.2, 0.25) is 0 Å². The second-order valence-corrected chi connectivity index (χ2v) is 11.6. The maximum atomic E-state index is 12.7. The van der Waals surface area contributed by atoms with Gasteiger partial charge >= 0.3 is 0 Å². The highest BCUT2D eigenvalue weighted by Crippen LogP contribution is 2.23. The molecule has 0 radical (unpaired) electrons. The maximum absolute atomic E-state index is 12.7. The van der Waals surface area contributed by atoms with Crippen LogP contribution >= 0.6 is 0 Å². The van der Waals surface area contributed by atoms with Crippen molar-refractivity contribution >= 4 is 37.3 Å². The van der Waals surface area contributed by atoms with E-state index in [4.69, 9.17) is 0 Å². The molecule has 0 aliphatic rings. The largest absolute Gasteiger partial charge is 0.322 e. The summed E-state index contributed by atoms with van der Waals surface area (Å²) < 4.78 is 54.5. The molecule has 0 unspecified atom stereocenters. The minimum atomic E-state index is -3.76. The van der Waals surface area contributed by atoms with Gasteiger partial charge in [-0.2, -0.15) is 4.31 Å². The lowest BCUT2D eigenvalue weighted by atomic mass is 10.1. The highest BCUT2D eigenvalue weighted by atomic mass is 32.2. The van der Waals surface area contributed by atoms with Gasteiger partial charge in [0.15, 0.2) is 0 Å². The predicted molar refractivity (Wildman–Crippen MR) is 138 cm³/mol. The van der Waals surface area contributed by atoms with E-state index >= 15 is 0 Å². The van der Waals surface area contributed by atoms with E-state index in [1.165, 1.54) is 52.8 Å². The molecule has 1 amide bonds. The maximum Gasteiger partial charge on any atom is 0.261 e. The molecule has 0 bridgehead atoms. The van der Waals surface area contributed by atoms with Crippen LogP contribution in [-0.4, -0.2) is 40.1 Å². The number of carbonyl (C=O) groups excluding carboxylic acids is 1. The molecule has 0 saturated heterocycles. The number of sulfonamides is 2. The lowest BCUT2D eigenvalue weighted by molar-refractivity contribution is 0.102. The van der Waals surface area contributed by atoms with E-state index in [1.807, 2.05) is 6.92 Å². The molecule has 0 saturated carbocycles. The van der Waals surface area contributed by atoms with Crippen molar-refractivity contribution in [1.82, 2.24) is 4.31 Å². The van der Waals surface area contributed by atoms with E-state index in [-0.39, 0.29) is 9.79 Å². The van der Waals surface area contributed by atoms with E-state index in [1.54, 1.807) is 39.0 Å². The smallest absolute Gasteiger partial charge is 0.261 e. The van der Waals surface area contributed by atoms with Crippen LogP contribution in [0.3, 0.4) is 0 Å². The summed E-state index contributed by atoms with van der Waals surface area (Å²) in [5, 5.41) is 2.73. The summed E-state index contributed by atoms with van der Waals surface area (Å²) in [6.07, 6.45) is 0. The monoisotopic (exact) mass is 515 g/mol. The average molecular weight is 516 g/mol. The summed E-state index contributed by atoms with van der Waals surface area (Å²) in [5.41, 5.74) is 2.67. The van der Waals surface area contributed by atoms with E-state index in [0.29, 0.717) is 35.6 Å². The zero-order valence-electron chi connectivity index (χ0n) is 20.1. The Kier molecular flexibility index (Phi) is 7.99. The molecule has 0 heterocycles. The predicted octanol–water partition coefficient (Wildman–Crippen LogP) is 4.39. The van der Waals surface area contributed by atoms with Crippen molar-refractivity contribution in [3.05, 3.63) is 83.4 Å². The Hall–Kier alpha value is -3.21. The zero-order chi connectivity index (χ0) is 25.8. The first-order chi connectivity index (χ1) is 16.5. The fourth-order valence-electron chi connectivity index (χ4n) is 3.47. The quantitative estimate of drug-likeness (QED) is 0.439. The van der Waals surface area contributed by atoms with Gasteiger partial charge in [-0.05, 0) is 74.0 Å². The number of aryl methyl sites for hydroxylation is 2. The SMILES string of the molecule is CCN(CC)S(=O)(=O)c1ccc(NC(=O)c2ccc(NS(=O)(=O)c3ccc(C)cc3)c(C)c2)cc1. The van der Waals surface area contributed by atoms with Crippen molar-refractivity contribution in [2.75, 3.05) is 23.1 Å². The molecular weight excluding hydrogens is 486 g/mol. The number of amides is 1. The third-order valence-corrected chi connectivity index (χ3v) is 8.97. The number of carbonyl (C=O) groups is 1. The third kappa shape index (κ3) is 6.08. The Morgan fingerprint density at radius 3 is 1.91 bits per heavy atom. The van der Waals surface area contributed by atoms with Crippen molar-refractivity contribution in [3.63, 3.8) is 0 Å². The standard InChI is InChI=1S/C25H29N3O5S2/c1-5-28(6-2)35(32,33)23-14-10-21(11-15-23)26-25(29)20-9-16-24(19(4)17-20)27-34(30,31)22-12-7-18(3)8-13-22/h7-17,27H,5-6H2,1-4H3,(H,26,29). The van der Waals surface area contributed by atoms with Crippen LogP contribution in [0.5, 0.6) is 0 Å². The number of anilines is 2. The summed E-state index contributed by atoms with van der Waals surface area (Å²) in [7, 11) is -7.35. The molecule has 3 aromatic carbocycles. The molecule has 0 atom stereocenters. The first-order valence-corrected chi connectivity index (χ1v) is 14.0. The summed E-state index contributed by atoms with van der Waals surface area (Å²) in [5.74, 6) is -0.402. The normalized spacial score (nSPS) is 11.9. The summed E-state index contributed by atoms with van der Waals surface area (Å²) in [6.45, 7) is 7.87. The molecule has 10 heteroatoms. The van der Waals surface area contributed by atoms with Gasteiger partial charge in [0.2, 0.25) is 10.0 Å². The molecule has 186 valence electrons. The van der Waals surface area contributed by atoms with E-state index in [9.17, 15) is 21.6 Å². The minimum Gasteiger partial charge on any atom is -0.322 e. The Balaban J connectivity index is 1.73. The zero-order valence-corrected chi connectivity index (χ0v) is 21.7. The van der Waals surface area contributed by atoms with Crippen molar-refractivity contribution in [2.45, 2.75) is 37.5 Å². The van der Waals surface area contributed by atoms with Crippen LogP contribution in [0.4, 0.5) is 11.4 Å². The van der Waals surface area contributed by atoms with Crippen molar-refractivity contribution in [2.24, 2.45) is 0 Å². The fourth-order valence-corrected chi connectivity index (χ4v) is 6.06. The van der Waals surface area contributed by atoms with E-state index in [0.717, 1.165) is 5.56 Å². The first kappa shape index (κ1) is 26.4. The molecule has 8 nitrogen and oxygen atoms in total. The number of nitrogens with zero attached hydrogens (tertiary/aromatic N) is 1. The summed E-state index contributed by atoms with van der Waals surface area (Å²) in [6, 6.07) is 17.1. The number of benzene rings is 3. The Morgan fingerprint density at radius 1 is 0.800 bits per heavy atom. The van der Waals surface area contributed by atoms with Crippen LogP contribution in [0.25, 0.3) is 0 Å². The Morgan fingerprint density at radius 2 is 1.37 bits per heavy atom. The molecular formula is C25H29N3O5S2. The average Bonchev–Trinajstić information content (AvgIpc) is 2.81. The molecule has 0 spiro atoms. The molecule has 35 heavy (non-hydrogen) atoms. The number of hydrogen-bond acceptors (Lipinski definition) is 5. The van der Waals surface area contributed by atoms with Crippen LogP contribution in [0, 0.1) is 13.8 Å². The van der Waals surface area contributed by atoms with Gasteiger partial charge in [-0.1, -0.05) is 31.5 Å². The summed E-state index contributed by atoms with van der Waals surface area (Å²) >= 11 is 0. The van der Waals surface area contributed by atoms with Gasteiger partial charge in [0.05, 0.1) is 15.5 Å². The van der Waals surface area contributed by atoms with Crippen LogP contribution in [-0.2, 0) is 20.0 Å². The molecule has 0 aliphatic heterocycles. The fraction of sp³-hybridized carbons (Fsp3) is 0.240. The molecule has 3 aromatic rings. The molecule has 2 N–H and O–H groups in total.